The number of hydrogen-bond acceptors (Lipinski definition) is 4. The zero-order valence-electron chi connectivity index (χ0n) is 49.8. The van der Waals surface area contributed by atoms with Gasteiger partial charge in [-0.3, -0.25) is 4.90 Å². The van der Waals surface area contributed by atoms with Crippen molar-refractivity contribution in [2.75, 3.05) is 14.7 Å². The van der Waals surface area contributed by atoms with Gasteiger partial charge < -0.3 is 14.2 Å². The van der Waals surface area contributed by atoms with Crippen LogP contribution in [-0.4, -0.2) is 6.71 Å². The lowest BCUT2D eigenvalue weighted by molar-refractivity contribution is 0.332. The molecule has 1 aromatic heterocycles. The van der Waals surface area contributed by atoms with Crippen molar-refractivity contribution in [2.24, 2.45) is 0 Å². The molecule has 2 aliphatic heterocycles. The lowest BCUT2D eigenvalue weighted by atomic mass is 9.33. The van der Waals surface area contributed by atoms with E-state index >= 15 is 0 Å². The van der Waals surface area contributed by atoms with Crippen molar-refractivity contribution in [3.8, 4) is 22.3 Å². The summed E-state index contributed by atoms with van der Waals surface area (Å²) in [6.07, 6.45) is 2.25. The first-order valence-corrected chi connectivity index (χ1v) is 29.4. The molecule has 0 atom stereocenters. The molecule has 10 aromatic rings. The first kappa shape index (κ1) is 52.4. The standard InChI is InChI=1S/C76H76BN3O/c1-72(2,3)53-28-37-58(38-29-53)79-65-48-63-62(75(10,11)42-43-76(63,12)13)47-64(65)77-69-61-44-55(74(7,8)9)32-41-68(61)81-71(69)80(59-39-30-54(31-40-59)73(4,5)6)67-46-60(45-66(79)70(67)77)78(56-33-24-51(25-34-56)49-20-16-14-17-21-49)57-35-26-52(27-36-57)50-22-18-15-19-23-50/h14-41,44-48H,42-43H2,1-13H3. The summed E-state index contributed by atoms with van der Waals surface area (Å²) in [6.45, 7) is 30.5. The van der Waals surface area contributed by atoms with E-state index in [1.807, 2.05) is 0 Å². The Morgan fingerprint density at radius 1 is 0.407 bits per heavy atom. The van der Waals surface area contributed by atoms with E-state index in [-0.39, 0.29) is 33.8 Å². The van der Waals surface area contributed by atoms with Crippen LogP contribution in [-0.2, 0) is 27.1 Å². The predicted octanol–water partition coefficient (Wildman–Crippen LogP) is 19.6. The largest absolute Gasteiger partial charge is 0.440 e. The monoisotopic (exact) mass is 1060 g/mol. The van der Waals surface area contributed by atoms with Crippen LogP contribution in [0.15, 0.2) is 205 Å². The molecule has 4 nitrogen and oxygen atoms in total. The van der Waals surface area contributed by atoms with Gasteiger partial charge in [0.2, 0.25) is 5.88 Å². The number of benzene rings is 9. The molecule has 9 aromatic carbocycles. The third-order valence-electron chi connectivity index (χ3n) is 18.2. The van der Waals surface area contributed by atoms with E-state index in [1.165, 1.54) is 77.5 Å². The highest BCUT2D eigenvalue weighted by Crippen LogP contribution is 2.53. The molecule has 3 heterocycles. The second-order valence-electron chi connectivity index (χ2n) is 27.8. The quantitative estimate of drug-likeness (QED) is 0.148. The maximum absolute atomic E-state index is 7.51. The predicted molar refractivity (Wildman–Crippen MR) is 347 cm³/mol. The molecule has 0 bridgehead atoms. The second kappa shape index (κ2) is 18.8. The van der Waals surface area contributed by atoms with E-state index in [9.17, 15) is 0 Å². The molecule has 0 unspecified atom stereocenters. The van der Waals surface area contributed by atoms with E-state index in [2.05, 4.69) is 305 Å². The third kappa shape index (κ3) is 8.99. The lowest BCUT2D eigenvalue weighted by Gasteiger charge is -2.47. The molecule has 404 valence electrons. The van der Waals surface area contributed by atoms with Gasteiger partial charge in [-0.1, -0.05) is 211 Å². The minimum atomic E-state index is -0.157. The van der Waals surface area contributed by atoms with Crippen molar-refractivity contribution < 1.29 is 4.42 Å². The number of rotatable bonds is 7. The van der Waals surface area contributed by atoms with Crippen LogP contribution in [0.25, 0.3) is 33.2 Å². The summed E-state index contributed by atoms with van der Waals surface area (Å²) >= 11 is 0. The van der Waals surface area contributed by atoms with Crippen molar-refractivity contribution in [3.63, 3.8) is 0 Å². The van der Waals surface area contributed by atoms with Crippen LogP contribution in [0.5, 0.6) is 0 Å². The van der Waals surface area contributed by atoms with Crippen molar-refractivity contribution in [1.29, 1.82) is 0 Å². The van der Waals surface area contributed by atoms with Crippen molar-refractivity contribution in [1.82, 2.24) is 0 Å². The van der Waals surface area contributed by atoms with Crippen LogP contribution in [0, 0.1) is 0 Å². The summed E-state index contributed by atoms with van der Waals surface area (Å²) in [7, 11) is 0. The van der Waals surface area contributed by atoms with Gasteiger partial charge in [0.25, 0.3) is 6.71 Å². The van der Waals surface area contributed by atoms with Gasteiger partial charge in [-0.05, 0) is 180 Å². The molecular formula is C76H76BN3O. The molecule has 5 heteroatoms. The summed E-state index contributed by atoms with van der Waals surface area (Å²) in [4.78, 5) is 7.56. The number of anilines is 9. The highest BCUT2D eigenvalue weighted by Gasteiger charge is 2.49. The molecule has 81 heavy (non-hydrogen) atoms. The van der Waals surface area contributed by atoms with Gasteiger partial charge in [0.05, 0.1) is 5.69 Å². The van der Waals surface area contributed by atoms with E-state index in [0.29, 0.717) is 0 Å². The Morgan fingerprint density at radius 2 is 0.840 bits per heavy atom. The summed E-state index contributed by atoms with van der Waals surface area (Å²) in [5, 5.41) is 1.17. The Hall–Kier alpha value is -8.02. The zero-order chi connectivity index (χ0) is 56.5. The molecule has 1 aliphatic carbocycles. The van der Waals surface area contributed by atoms with Crippen LogP contribution in [0.1, 0.15) is 131 Å². The fourth-order valence-corrected chi connectivity index (χ4v) is 13.2. The van der Waals surface area contributed by atoms with Crippen molar-refractivity contribution in [2.45, 2.75) is 130 Å². The molecule has 0 amide bonds. The Balaban J connectivity index is 1.16. The third-order valence-corrected chi connectivity index (χ3v) is 18.2. The maximum atomic E-state index is 7.51. The highest BCUT2D eigenvalue weighted by atomic mass is 16.4. The Labute approximate surface area is 482 Å². The van der Waals surface area contributed by atoms with Crippen LogP contribution >= 0.6 is 0 Å². The second-order valence-corrected chi connectivity index (χ2v) is 27.8. The molecule has 0 saturated carbocycles. The SMILES string of the molecule is CC(C)(C)c1ccc(N2c3cc4c(cc3B3c5c2cc(N(c2ccc(-c6ccccc6)cc2)c2ccc(-c6ccccc6)cc2)cc5N(c2ccc(C(C)(C)C)cc2)c2oc5ccc(C(C)(C)C)cc5c23)C(C)(C)CCC4(C)C)cc1. The number of hydrogen-bond donors (Lipinski definition) is 0. The Kier molecular flexibility index (Phi) is 12.1. The van der Waals surface area contributed by atoms with E-state index < -0.39 is 0 Å². The minimum absolute atomic E-state index is 0.0164. The highest BCUT2D eigenvalue weighted by molar-refractivity contribution is 7.01. The molecule has 0 N–H and O–H groups in total. The van der Waals surface area contributed by atoms with Crippen molar-refractivity contribution in [3.05, 3.63) is 228 Å². The van der Waals surface area contributed by atoms with Gasteiger partial charge in [0.15, 0.2) is 0 Å². The fraction of sp³-hybridized carbons (Fsp3) is 0.263. The Bertz CT molecular complexity index is 3940. The molecule has 0 spiro atoms. The normalized spacial score (nSPS) is 15.2. The Morgan fingerprint density at radius 3 is 1.32 bits per heavy atom. The van der Waals surface area contributed by atoms with E-state index in [0.717, 1.165) is 64.1 Å². The smallest absolute Gasteiger partial charge is 0.257 e. The number of nitrogens with zero attached hydrogens (tertiary/aromatic N) is 3. The zero-order valence-corrected chi connectivity index (χ0v) is 49.8. The van der Waals surface area contributed by atoms with Gasteiger partial charge in [-0.15, -0.1) is 0 Å². The van der Waals surface area contributed by atoms with Crippen LogP contribution in [0.3, 0.4) is 0 Å². The van der Waals surface area contributed by atoms with Gasteiger partial charge >= 0.3 is 0 Å². The lowest BCUT2D eigenvalue weighted by Crippen LogP contribution is -2.61. The van der Waals surface area contributed by atoms with Crippen LogP contribution in [0.2, 0.25) is 0 Å². The average Bonchev–Trinajstić information content (AvgIpc) is 2.90. The molecule has 0 saturated heterocycles. The van der Waals surface area contributed by atoms with Gasteiger partial charge in [-0.2, -0.15) is 0 Å². The number of fused-ring (bicyclic) bond motifs is 7. The maximum Gasteiger partial charge on any atom is 0.257 e. The van der Waals surface area contributed by atoms with Gasteiger partial charge in [-0.25, -0.2) is 0 Å². The average molecular weight is 1060 g/mol. The minimum Gasteiger partial charge on any atom is -0.440 e. The van der Waals surface area contributed by atoms with Crippen LogP contribution in [0.4, 0.5) is 51.4 Å². The molecular weight excluding hydrogens is 982 g/mol. The fourth-order valence-electron chi connectivity index (χ4n) is 13.2. The summed E-state index contributed by atoms with van der Waals surface area (Å²) in [6, 6.07) is 75.6. The summed E-state index contributed by atoms with van der Waals surface area (Å²) in [5.41, 5.74) is 24.9. The van der Waals surface area contributed by atoms with Crippen LogP contribution < -0.4 is 31.1 Å². The van der Waals surface area contributed by atoms with E-state index in [1.54, 1.807) is 0 Å². The van der Waals surface area contributed by atoms with E-state index in [4.69, 9.17) is 4.42 Å². The molecule has 0 radical (unpaired) electrons. The topological polar surface area (TPSA) is 22.9 Å². The summed E-state index contributed by atoms with van der Waals surface area (Å²) < 4.78 is 7.51. The van der Waals surface area contributed by atoms with Gasteiger partial charge in [0, 0.05) is 50.7 Å². The van der Waals surface area contributed by atoms with Gasteiger partial charge in [0.1, 0.15) is 5.58 Å². The molecule has 3 aliphatic rings. The summed E-state index contributed by atoms with van der Waals surface area (Å²) in [5.74, 6) is 0.873. The van der Waals surface area contributed by atoms with Crippen molar-refractivity contribution >= 4 is 85.5 Å². The molecule has 13 rings (SSSR count). The molecule has 0 fully saturated rings. The first-order valence-electron chi connectivity index (χ1n) is 29.4. The number of furan rings is 1. The first-order chi connectivity index (χ1) is 38.5.